The number of amides is 2. The molecule has 1 aliphatic heterocycles. The lowest BCUT2D eigenvalue weighted by atomic mass is 10.0. The van der Waals surface area contributed by atoms with Gasteiger partial charge in [0.25, 0.3) is 5.91 Å². The molecule has 0 radical (unpaired) electrons. The summed E-state index contributed by atoms with van der Waals surface area (Å²) in [5.41, 5.74) is 7.30. The van der Waals surface area contributed by atoms with Crippen molar-refractivity contribution in [3.63, 3.8) is 0 Å². The van der Waals surface area contributed by atoms with Crippen LogP contribution in [0.15, 0.2) is 47.9 Å². The van der Waals surface area contributed by atoms with E-state index in [1.165, 1.54) is 11.2 Å². The van der Waals surface area contributed by atoms with Gasteiger partial charge >= 0.3 is 0 Å². The number of sulfonamides is 1. The SMILES string of the molecule is C=CC(=O)N(C(C)=O)c1cc2c(c(C#C[Si](C)(C)C)c1[Si](C)(C)C)CN(S(=O)(=O)c1ccc(C)cc1)C2. The predicted octanol–water partition coefficient (Wildman–Crippen LogP) is 4.54. The third-order valence-electron chi connectivity index (χ3n) is 6.11. The molecule has 2 aromatic carbocycles. The Hall–Kier alpha value is -2.78. The van der Waals surface area contributed by atoms with E-state index in [4.69, 9.17) is 0 Å². The summed E-state index contributed by atoms with van der Waals surface area (Å²) < 4.78 is 28.6. The highest BCUT2D eigenvalue weighted by Crippen LogP contribution is 2.35. The quantitative estimate of drug-likeness (QED) is 0.310. The van der Waals surface area contributed by atoms with Gasteiger partial charge in [-0.2, -0.15) is 4.31 Å². The third-order valence-corrected chi connectivity index (χ3v) is 10.8. The number of imide groups is 1. The molecule has 0 spiro atoms. The molecule has 0 atom stereocenters. The lowest BCUT2D eigenvalue weighted by Crippen LogP contribution is -2.47. The molecule has 0 N–H and O–H groups in total. The average molecular weight is 553 g/mol. The van der Waals surface area contributed by atoms with Gasteiger partial charge in [0.05, 0.1) is 18.7 Å². The van der Waals surface area contributed by atoms with Crippen LogP contribution < -0.4 is 10.1 Å². The van der Waals surface area contributed by atoms with E-state index in [9.17, 15) is 18.0 Å². The van der Waals surface area contributed by atoms with Gasteiger partial charge in [0.2, 0.25) is 15.9 Å². The number of carbonyl (C=O) groups excluding carboxylic acids is 2. The van der Waals surface area contributed by atoms with Crippen LogP contribution in [0.2, 0.25) is 39.3 Å². The number of rotatable bonds is 5. The number of carbonyl (C=O) groups is 2. The Morgan fingerprint density at radius 3 is 2.14 bits per heavy atom. The Kier molecular flexibility index (Phi) is 7.92. The molecule has 3 rings (SSSR count). The van der Waals surface area contributed by atoms with Crippen molar-refractivity contribution in [2.75, 3.05) is 4.90 Å². The first-order valence-corrected chi connectivity index (χ1v) is 20.7. The highest BCUT2D eigenvalue weighted by Gasteiger charge is 2.38. The van der Waals surface area contributed by atoms with Gasteiger partial charge in [0, 0.05) is 25.6 Å². The summed E-state index contributed by atoms with van der Waals surface area (Å²) in [7, 11) is -7.77. The first-order chi connectivity index (χ1) is 17.0. The molecular weight excluding hydrogens is 517 g/mol. The van der Waals surface area contributed by atoms with Crippen molar-refractivity contribution in [1.82, 2.24) is 4.31 Å². The monoisotopic (exact) mass is 552 g/mol. The lowest BCUT2D eigenvalue weighted by molar-refractivity contribution is -0.122. The maximum atomic E-state index is 13.6. The molecule has 0 fully saturated rings. The molecular formula is C28H36N2O4SSi2. The Bertz CT molecular complexity index is 1440. The fourth-order valence-corrected chi connectivity index (χ4v) is 8.20. The van der Waals surface area contributed by atoms with E-state index < -0.39 is 38.0 Å². The van der Waals surface area contributed by atoms with E-state index >= 15 is 0 Å². The fourth-order valence-electron chi connectivity index (χ4n) is 4.40. The number of anilines is 1. The number of hydrogen-bond donors (Lipinski definition) is 0. The molecule has 0 unspecified atom stereocenters. The van der Waals surface area contributed by atoms with E-state index in [0.29, 0.717) is 5.69 Å². The van der Waals surface area contributed by atoms with Gasteiger partial charge in [0.1, 0.15) is 8.07 Å². The lowest BCUT2D eigenvalue weighted by Gasteiger charge is -2.29. The summed E-state index contributed by atoms with van der Waals surface area (Å²) >= 11 is 0. The molecule has 9 heteroatoms. The summed E-state index contributed by atoms with van der Waals surface area (Å²) in [5, 5.41) is 0.886. The zero-order valence-electron chi connectivity index (χ0n) is 23.0. The zero-order valence-corrected chi connectivity index (χ0v) is 25.8. The predicted molar refractivity (Wildman–Crippen MR) is 156 cm³/mol. The number of benzene rings is 2. The number of aryl methyl sites for hydroxylation is 1. The average Bonchev–Trinajstić information content (AvgIpc) is 3.21. The molecule has 1 aliphatic rings. The maximum absolute atomic E-state index is 13.6. The van der Waals surface area contributed by atoms with Crippen LogP contribution in [0.25, 0.3) is 0 Å². The number of hydrogen-bond acceptors (Lipinski definition) is 4. The standard InChI is InChI=1S/C28H36N2O4SSi2/c1-10-27(32)30(21(3)31)26-17-22-18-29(35(33,34)23-13-11-20(2)12-14-23)19-25(22)24(15-16-36(4,5)6)28(26)37(7,8)9/h10-14,17H,1,18-19H2,2-9H3. The highest BCUT2D eigenvalue weighted by molar-refractivity contribution is 7.89. The van der Waals surface area contributed by atoms with E-state index in [-0.39, 0.29) is 18.0 Å². The summed E-state index contributed by atoms with van der Waals surface area (Å²) in [6.45, 7) is 20.1. The smallest absolute Gasteiger partial charge is 0.257 e. The molecule has 1 heterocycles. The van der Waals surface area contributed by atoms with Gasteiger partial charge in [0.15, 0.2) is 0 Å². The minimum absolute atomic E-state index is 0.139. The van der Waals surface area contributed by atoms with Crippen LogP contribution in [0.1, 0.15) is 29.2 Å². The van der Waals surface area contributed by atoms with Gasteiger partial charge in [-0.05, 0) is 47.5 Å². The van der Waals surface area contributed by atoms with E-state index in [0.717, 1.165) is 38.4 Å². The second-order valence-electron chi connectivity index (χ2n) is 11.5. The van der Waals surface area contributed by atoms with Crippen molar-refractivity contribution >= 4 is 48.9 Å². The van der Waals surface area contributed by atoms with Gasteiger partial charge in [-0.3, -0.25) is 9.59 Å². The molecule has 6 nitrogen and oxygen atoms in total. The largest absolute Gasteiger partial charge is 0.274 e. The Labute approximate surface area is 223 Å². The second kappa shape index (κ2) is 10.2. The topological polar surface area (TPSA) is 74.8 Å². The maximum Gasteiger partial charge on any atom is 0.257 e. The molecule has 37 heavy (non-hydrogen) atoms. The molecule has 2 aromatic rings. The van der Waals surface area contributed by atoms with Gasteiger partial charge in [-0.1, -0.05) is 69.5 Å². The van der Waals surface area contributed by atoms with Gasteiger partial charge in [-0.15, -0.1) is 5.54 Å². The zero-order chi connectivity index (χ0) is 27.9. The normalized spacial score (nSPS) is 13.9. The third kappa shape index (κ3) is 6.04. The Balaban J connectivity index is 2.33. The van der Waals surface area contributed by atoms with E-state index in [1.54, 1.807) is 24.3 Å². The molecule has 0 bridgehead atoms. The van der Waals surface area contributed by atoms with Crippen LogP contribution in [0.3, 0.4) is 0 Å². The van der Waals surface area contributed by atoms with Crippen LogP contribution in [-0.4, -0.2) is 40.7 Å². The first kappa shape index (κ1) is 28.8. The van der Waals surface area contributed by atoms with E-state index in [2.05, 4.69) is 57.3 Å². The van der Waals surface area contributed by atoms with Crippen molar-refractivity contribution in [2.24, 2.45) is 0 Å². The summed E-state index contributed by atoms with van der Waals surface area (Å²) in [6, 6.07) is 8.63. The number of fused-ring (bicyclic) bond motifs is 1. The molecule has 196 valence electrons. The van der Waals surface area contributed by atoms with Crippen molar-refractivity contribution in [3.8, 4) is 11.5 Å². The Morgan fingerprint density at radius 1 is 1.05 bits per heavy atom. The van der Waals surface area contributed by atoms with Crippen LogP contribution in [0, 0.1) is 18.4 Å². The van der Waals surface area contributed by atoms with Gasteiger partial charge < -0.3 is 0 Å². The molecule has 0 aliphatic carbocycles. The van der Waals surface area contributed by atoms with Crippen LogP contribution in [0.4, 0.5) is 5.69 Å². The highest BCUT2D eigenvalue weighted by atomic mass is 32.2. The van der Waals surface area contributed by atoms with Crippen LogP contribution in [-0.2, 0) is 32.7 Å². The molecule has 0 saturated heterocycles. The van der Waals surface area contributed by atoms with Gasteiger partial charge in [-0.25, -0.2) is 13.3 Å². The van der Waals surface area contributed by atoms with Crippen LogP contribution in [0.5, 0.6) is 0 Å². The van der Waals surface area contributed by atoms with Crippen molar-refractivity contribution in [2.45, 2.75) is 71.1 Å². The minimum atomic E-state index is -3.76. The van der Waals surface area contributed by atoms with Crippen molar-refractivity contribution in [1.29, 1.82) is 0 Å². The van der Waals surface area contributed by atoms with Crippen LogP contribution >= 0.6 is 0 Å². The van der Waals surface area contributed by atoms with E-state index in [1.807, 2.05) is 13.0 Å². The number of nitrogens with zero attached hydrogens (tertiary/aromatic N) is 2. The Morgan fingerprint density at radius 2 is 1.65 bits per heavy atom. The minimum Gasteiger partial charge on any atom is -0.274 e. The molecule has 2 amide bonds. The fraction of sp³-hybridized carbons (Fsp3) is 0.357. The van der Waals surface area contributed by atoms with Crippen molar-refractivity contribution < 1.29 is 18.0 Å². The molecule has 0 aromatic heterocycles. The second-order valence-corrected chi connectivity index (χ2v) is 23.2. The first-order valence-electron chi connectivity index (χ1n) is 12.2. The molecule has 0 saturated carbocycles. The summed E-state index contributed by atoms with van der Waals surface area (Å²) in [5.74, 6) is 2.48. The summed E-state index contributed by atoms with van der Waals surface area (Å²) in [6.07, 6.45) is 1.13. The summed E-state index contributed by atoms with van der Waals surface area (Å²) in [4.78, 5) is 27.0. The van der Waals surface area contributed by atoms with Crippen molar-refractivity contribution in [3.05, 3.63) is 65.2 Å².